The SMILES string of the molecule is C=CC1CC(=O)N(c2cc(S(C)(=O)=O)ccc2F)C1. The van der Waals surface area contributed by atoms with Crippen LogP contribution in [0.3, 0.4) is 0 Å². The molecule has 0 bridgehead atoms. The van der Waals surface area contributed by atoms with E-state index in [1.54, 1.807) is 6.08 Å². The maximum atomic E-state index is 13.8. The van der Waals surface area contributed by atoms with Gasteiger partial charge in [0.25, 0.3) is 0 Å². The van der Waals surface area contributed by atoms with Gasteiger partial charge >= 0.3 is 0 Å². The molecule has 1 saturated heterocycles. The molecule has 2 rings (SSSR count). The molecule has 1 fully saturated rings. The maximum Gasteiger partial charge on any atom is 0.227 e. The first-order valence-electron chi connectivity index (χ1n) is 5.75. The molecule has 1 unspecified atom stereocenters. The molecule has 0 spiro atoms. The Bertz CT molecular complexity index is 639. The van der Waals surface area contributed by atoms with Gasteiger partial charge in [-0.25, -0.2) is 12.8 Å². The van der Waals surface area contributed by atoms with Crippen LogP contribution in [0.25, 0.3) is 0 Å². The molecule has 102 valence electrons. The van der Waals surface area contributed by atoms with E-state index in [4.69, 9.17) is 0 Å². The predicted molar refractivity (Wildman–Crippen MR) is 70.2 cm³/mol. The summed E-state index contributed by atoms with van der Waals surface area (Å²) < 4.78 is 36.7. The second-order valence-corrected chi connectivity index (χ2v) is 6.61. The van der Waals surface area contributed by atoms with Crippen molar-refractivity contribution in [1.29, 1.82) is 0 Å². The minimum Gasteiger partial charge on any atom is -0.309 e. The van der Waals surface area contributed by atoms with Crippen LogP contribution in [0.2, 0.25) is 0 Å². The first kappa shape index (κ1) is 13.7. The van der Waals surface area contributed by atoms with Crippen molar-refractivity contribution in [2.45, 2.75) is 11.3 Å². The molecule has 4 nitrogen and oxygen atoms in total. The summed E-state index contributed by atoms with van der Waals surface area (Å²) >= 11 is 0. The largest absolute Gasteiger partial charge is 0.309 e. The van der Waals surface area contributed by atoms with E-state index in [0.29, 0.717) is 6.54 Å². The molecule has 19 heavy (non-hydrogen) atoms. The normalized spacial score (nSPS) is 19.8. The fourth-order valence-electron chi connectivity index (χ4n) is 2.06. The summed E-state index contributed by atoms with van der Waals surface area (Å²) in [6.45, 7) is 3.94. The summed E-state index contributed by atoms with van der Waals surface area (Å²) in [5, 5.41) is 0. The van der Waals surface area contributed by atoms with Crippen LogP contribution in [0, 0.1) is 11.7 Å². The number of hydrogen-bond acceptors (Lipinski definition) is 3. The highest BCUT2D eigenvalue weighted by Crippen LogP contribution is 2.29. The van der Waals surface area contributed by atoms with Crippen molar-refractivity contribution in [3.63, 3.8) is 0 Å². The number of nitrogens with zero attached hydrogens (tertiary/aromatic N) is 1. The van der Waals surface area contributed by atoms with Crippen LogP contribution < -0.4 is 4.90 Å². The number of halogens is 1. The van der Waals surface area contributed by atoms with E-state index in [2.05, 4.69) is 6.58 Å². The number of benzene rings is 1. The van der Waals surface area contributed by atoms with Crippen molar-refractivity contribution in [1.82, 2.24) is 0 Å². The van der Waals surface area contributed by atoms with E-state index in [1.807, 2.05) is 0 Å². The van der Waals surface area contributed by atoms with Crippen molar-refractivity contribution < 1.29 is 17.6 Å². The number of sulfone groups is 1. The Kier molecular flexibility index (Phi) is 3.45. The van der Waals surface area contributed by atoms with Crippen molar-refractivity contribution in [2.24, 2.45) is 5.92 Å². The monoisotopic (exact) mass is 283 g/mol. The average molecular weight is 283 g/mol. The molecule has 0 N–H and O–H groups in total. The molecule has 1 amide bonds. The van der Waals surface area contributed by atoms with E-state index in [0.717, 1.165) is 12.3 Å². The Labute approximate surface area is 111 Å². The molecule has 1 atom stereocenters. The fraction of sp³-hybridized carbons (Fsp3) is 0.308. The van der Waals surface area contributed by atoms with Crippen LogP contribution in [-0.2, 0) is 14.6 Å². The Balaban J connectivity index is 2.45. The second kappa shape index (κ2) is 4.77. The maximum absolute atomic E-state index is 13.8. The molecular weight excluding hydrogens is 269 g/mol. The predicted octanol–water partition coefficient (Wildman–Crippen LogP) is 1.77. The minimum absolute atomic E-state index is 0.00115. The smallest absolute Gasteiger partial charge is 0.227 e. The lowest BCUT2D eigenvalue weighted by Gasteiger charge is -2.17. The average Bonchev–Trinajstić information content (AvgIpc) is 2.69. The van der Waals surface area contributed by atoms with Gasteiger partial charge in [0.2, 0.25) is 5.91 Å². The lowest BCUT2D eigenvalue weighted by atomic mass is 10.1. The third-order valence-electron chi connectivity index (χ3n) is 3.12. The molecule has 0 aliphatic carbocycles. The highest BCUT2D eigenvalue weighted by molar-refractivity contribution is 7.90. The number of rotatable bonds is 3. The van der Waals surface area contributed by atoms with Gasteiger partial charge in [-0.15, -0.1) is 6.58 Å². The van der Waals surface area contributed by atoms with Crippen molar-refractivity contribution in [3.05, 3.63) is 36.7 Å². The quantitative estimate of drug-likeness (QED) is 0.627. The van der Waals surface area contributed by atoms with Gasteiger partial charge in [-0.2, -0.15) is 0 Å². The van der Waals surface area contributed by atoms with E-state index in [9.17, 15) is 17.6 Å². The van der Waals surface area contributed by atoms with Crippen LogP contribution >= 0.6 is 0 Å². The van der Waals surface area contributed by atoms with Gasteiger partial charge in [0, 0.05) is 25.1 Å². The summed E-state index contributed by atoms with van der Waals surface area (Å²) in [5.74, 6) is -0.867. The second-order valence-electron chi connectivity index (χ2n) is 4.59. The first-order valence-corrected chi connectivity index (χ1v) is 7.64. The highest BCUT2D eigenvalue weighted by atomic mass is 32.2. The molecule has 1 aromatic carbocycles. The Morgan fingerprint density at radius 3 is 2.68 bits per heavy atom. The van der Waals surface area contributed by atoms with Gasteiger partial charge in [0.1, 0.15) is 5.82 Å². The zero-order valence-electron chi connectivity index (χ0n) is 10.5. The van der Waals surface area contributed by atoms with Crippen LogP contribution in [0.1, 0.15) is 6.42 Å². The first-order chi connectivity index (χ1) is 8.82. The summed E-state index contributed by atoms with van der Waals surface area (Å²) in [5.41, 5.74) is 0.0114. The number of carbonyl (C=O) groups is 1. The van der Waals surface area contributed by atoms with Crippen LogP contribution in [-0.4, -0.2) is 27.1 Å². The standard InChI is InChI=1S/C13H14FNO3S/c1-3-9-6-13(16)15(8-9)12-7-10(19(2,17)18)4-5-11(12)14/h3-5,7,9H,1,6,8H2,2H3. The Morgan fingerprint density at radius 2 is 2.16 bits per heavy atom. The topological polar surface area (TPSA) is 54.5 Å². The minimum atomic E-state index is -3.43. The van der Waals surface area contributed by atoms with Crippen LogP contribution in [0.15, 0.2) is 35.7 Å². The van der Waals surface area contributed by atoms with Gasteiger partial charge in [-0.1, -0.05) is 6.08 Å². The summed E-state index contributed by atoms with van der Waals surface area (Å²) in [6, 6.07) is 3.47. The molecule has 1 aliphatic rings. The van der Waals surface area contributed by atoms with E-state index >= 15 is 0 Å². The van der Waals surface area contributed by atoms with Gasteiger partial charge in [0.05, 0.1) is 10.6 Å². The summed E-state index contributed by atoms with van der Waals surface area (Å²) in [7, 11) is -3.43. The molecule has 0 radical (unpaired) electrons. The van der Waals surface area contributed by atoms with Crippen molar-refractivity contribution in [3.8, 4) is 0 Å². The Morgan fingerprint density at radius 1 is 1.47 bits per heavy atom. The van der Waals surface area contributed by atoms with Gasteiger partial charge in [0.15, 0.2) is 9.84 Å². The number of carbonyl (C=O) groups excluding carboxylic acids is 1. The third-order valence-corrected chi connectivity index (χ3v) is 4.24. The van der Waals surface area contributed by atoms with E-state index < -0.39 is 15.7 Å². The zero-order valence-corrected chi connectivity index (χ0v) is 11.3. The molecule has 0 aromatic heterocycles. The van der Waals surface area contributed by atoms with Crippen LogP contribution in [0.5, 0.6) is 0 Å². The molecular formula is C13H14FNO3S. The lowest BCUT2D eigenvalue weighted by molar-refractivity contribution is -0.117. The third kappa shape index (κ3) is 2.68. The van der Waals surface area contributed by atoms with Crippen molar-refractivity contribution in [2.75, 3.05) is 17.7 Å². The van der Waals surface area contributed by atoms with E-state index in [1.165, 1.54) is 17.0 Å². The highest BCUT2D eigenvalue weighted by Gasteiger charge is 2.30. The van der Waals surface area contributed by atoms with Gasteiger partial charge < -0.3 is 4.90 Å². The number of hydrogen-bond donors (Lipinski definition) is 0. The summed E-state index contributed by atoms with van der Waals surface area (Å²) in [6.07, 6.45) is 2.96. The van der Waals surface area contributed by atoms with Gasteiger partial charge in [-0.05, 0) is 18.2 Å². The Hall–Kier alpha value is -1.69. The van der Waals surface area contributed by atoms with E-state index in [-0.39, 0.29) is 28.8 Å². The molecule has 1 aliphatic heterocycles. The van der Waals surface area contributed by atoms with Gasteiger partial charge in [-0.3, -0.25) is 4.79 Å². The molecule has 1 aromatic rings. The van der Waals surface area contributed by atoms with Crippen molar-refractivity contribution >= 4 is 21.4 Å². The molecule has 0 saturated carbocycles. The summed E-state index contributed by atoms with van der Waals surface area (Å²) in [4.78, 5) is 13.1. The molecule has 1 heterocycles. The lowest BCUT2D eigenvalue weighted by Crippen LogP contribution is -2.25. The fourth-order valence-corrected chi connectivity index (χ4v) is 2.70. The number of amides is 1. The zero-order chi connectivity index (χ0) is 14.2. The number of anilines is 1. The van der Waals surface area contributed by atoms with Crippen LogP contribution in [0.4, 0.5) is 10.1 Å². The molecule has 6 heteroatoms.